The van der Waals surface area contributed by atoms with Crippen LogP contribution in [0.1, 0.15) is 22.0 Å². The second-order valence-corrected chi connectivity index (χ2v) is 6.54. The summed E-state index contributed by atoms with van der Waals surface area (Å²) in [6.07, 6.45) is -0.659. The van der Waals surface area contributed by atoms with E-state index >= 15 is 0 Å². The Kier molecular flexibility index (Phi) is 5.68. The second-order valence-electron chi connectivity index (χ2n) is 6.14. The van der Waals surface area contributed by atoms with Crippen molar-refractivity contribution in [3.8, 4) is 0 Å². The third-order valence-electron chi connectivity index (χ3n) is 4.45. The molecule has 1 N–H and O–H groups in total. The van der Waals surface area contributed by atoms with Gasteiger partial charge < -0.3 is 10.0 Å². The Morgan fingerprint density at radius 1 is 1.08 bits per heavy atom. The molecule has 0 saturated carbocycles. The zero-order valence-corrected chi connectivity index (χ0v) is 14.5. The average molecular weight is 363 g/mol. The van der Waals surface area contributed by atoms with Crippen molar-refractivity contribution < 1.29 is 14.3 Å². The smallest absolute Gasteiger partial charge is 0.253 e. The van der Waals surface area contributed by atoms with Crippen LogP contribution < -0.4 is 0 Å². The molecule has 0 unspecified atom stereocenters. The van der Waals surface area contributed by atoms with Crippen LogP contribution in [-0.4, -0.2) is 53.5 Å². The van der Waals surface area contributed by atoms with Crippen molar-refractivity contribution >= 4 is 17.5 Å². The van der Waals surface area contributed by atoms with Crippen LogP contribution in [0, 0.1) is 5.82 Å². The third kappa shape index (κ3) is 4.37. The van der Waals surface area contributed by atoms with Crippen LogP contribution >= 0.6 is 11.6 Å². The number of nitrogens with zero attached hydrogens (tertiary/aromatic N) is 2. The van der Waals surface area contributed by atoms with E-state index in [0.717, 1.165) is 0 Å². The summed E-state index contributed by atoms with van der Waals surface area (Å²) < 4.78 is 13.0. The Labute approximate surface area is 151 Å². The molecule has 25 heavy (non-hydrogen) atoms. The van der Waals surface area contributed by atoms with Crippen LogP contribution in [-0.2, 0) is 0 Å². The van der Waals surface area contributed by atoms with Gasteiger partial charge in [0.05, 0.1) is 6.10 Å². The molecule has 1 heterocycles. The number of carbonyl (C=O) groups is 1. The predicted molar refractivity (Wildman–Crippen MR) is 95.2 cm³/mol. The van der Waals surface area contributed by atoms with Gasteiger partial charge in [0.1, 0.15) is 5.82 Å². The van der Waals surface area contributed by atoms with Crippen LogP contribution in [0.5, 0.6) is 0 Å². The summed E-state index contributed by atoms with van der Waals surface area (Å²) in [4.78, 5) is 16.3. The molecule has 0 radical (unpaired) electrons. The molecule has 1 saturated heterocycles. The monoisotopic (exact) mass is 362 g/mol. The van der Waals surface area contributed by atoms with Crippen molar-refractivity contribution in [1.29, 1.82) is 0 Å². The zero-order valence-electron chi connectivity index (χ0n) is 13.7. The first-order valence-electron chi connectivity index (χ1n) is 8.24. The largest absolute Gasteiger partial charge is 0.387 e. The first-order chi connectivity index (χ1) is 12.0. The van der Waals surface area contributed by atoms with E-state index < -0.39 is 6.10 Å². The summed E-state index contributed by atoms with van der Waals surface area (Å²) in [5, 5.41) is 10.9. The molecule has 0 aliphatic carbocycles. The molecule has 3 rings (SSSR count). The number of aliphatic hydroxyl groups is 1. The molecule has 4 nitrogen and oxygen atoms in total. The number of halogens is 2. The number of aliphatic hydroxyl groups excluding tert-OH is 1. The quantitative estimate of drug-likeness (QED) is 0.909. The lowest BCUT2D eigenvalue weighted by Crippen LogP contribution is -2.49. The van der Waals surface area contributed by atoms with Crippen molar-refractivity contribution in [2.45, 2.75) is 6.10 Å². The number of benzene rings is 2. The molecular formula is C19H20ClFN2O2. The van der Waals surface area contributed by atoms with Gasteiger partial charge in [0, 0.05) is 48.9 Å². The number of β-amino-alcohol motifs (C(OH)–C–C–N with tert-alkyl or cyclic N) is 1. The molecule has 132 valence electrons. The summed E-state index contributed by atoms with van der Waals surface area (Å²) in [5.41, 5.74) is 1.21. The Morgan fingerprint density at radius 2 is 1.72 bits per heavy atom. The lowest BCUT2D eigenvalue weighted by atomic mass is 10.1. The van der Waals surface area contributed by atoms with Gasteiger partial charge in [-0.3, -0.25) is 9.69 Å². The standard InChI is InChI=1S/C19H20ClFN2O2/c20-17-4-2-1-3-16(17)18(24)13-22-9-11-23(12-10-22)19(25)14-5-7-15(21)8-6-14/h1-8,18,24H,9-13H2/t18-/m1/s1. The molecule has 0 bridgehead atoms. The van der Waals surface area contributed by atoms with Crippen LogP contribution in [0.4, 0.5) is 4.39 Å². The number of carbonyl (C=O) groups excluding carboxylic acids is 1. The topological polar surface area (TPSA) is 43.8 Å². The van der Waals surface area contributed by atoms with Gasteiger partial charge in [-0.25, -0.2) is 4.39 Å². The van der Waals surface area contributed by atoms with Crippen LogP contribution in [0.25, 0.3) is 0 Å². The highest BCUT2D eigenvalue weighted by Crippen LogP contribution is 2.23. The lowest BCUT2D eigenvalue weighted by molar-refractivity contribution is 0.0527. The molecule has 1 amide bonds. The highest BCUT2D eigenvalue weighted by Gasteiger charge is 2.24. The molecule has 0 spiro atoms. The Morgan fingerprint density at radius 3 is 2.36 bits per heavy atom. The van der Waals surface area contributed by atoms with Crippen LogP contribution in [0.3, 0.4) is 0 Å². The van der Waals surface area contributed by atoms with Crippen molar-refractivity contribution in [3.63, 3.8) is 0 Å². The van der Waals surface area contributed by atoms with Crippen LogP contribution in [0.15, 0.2) is 48.5 Å². The van der Waals surface area contributed by atoms with E-state index in [2.05, 4.69) is 4.90 Å². The minimum atomic E-state index is -0.659. The molecule has 2 aromatic rings. The predicted octanol–water partition coefficient (Wildman–Crippen LogP) is 2.97. The van der Waals surface area contributed by atoms with Gasteiger partial charge in [-0.05, 0) is 30.3 Å². The van der Waals surface area contributed by atoms with Gasteiger partial charge in [0.2, 0.25) is 0 Å². The highest BCUT2D eigenvalue weighted by atomic mass is 35.5. The van der Waals surface area contributed by atoms with Gasteiger partial charge in [0.25, 0.3) is 5.91 Å². The molecular weight excluding hydrogens is 343 g/mol. The fraction of sp³-hybridized carbons (Fsp3) is 0.316. The average Bonchev–Trinajstić information content (AvgIpc) is 2.63. The third-order valence-corrected chi connectivity index (χ3v) is 4.79. The summed E-state index contributed by atoms with van der Waals surface area (Å²) >= 11 is 6.12. The summed E-state index contributed by atoms with van der Waals surface area (Å²) in [6, 6.07) is 12.9. The Bertz CT molecular complexity index is 730. The maximum Gasteiger partial charge on any atom is 0.253 e. The maximum absolute atomic E-state index is 13.0. The Hall–Kier alpha value is -1.95. The molecule has 1 atom stereocenters. The van der Waals surface area contributed by atoms with Gasteiger partial charge in [-0.15, -0.1) is 0 Å². The first-order valence-corrected chi connectivity index (χ1v) is 8.62. The van der Waals surface area contributed by atoms with E-state index in [1.807, 2.05) is 18.2 Å². The number of piperazine rings is 1. The SMILES string of the molecule is O=C(c1ccc(F)cc1)N1CCN(C[C@@H](O)c2ccccc2Cl)CC1. The van der Waals surface area contributed by atoms with Gasteiger partial charge in [-0.1, -0.05) is 29.8 Å². The van der Waals surface area contributed by atoms with E-state index in [1.54, 1.807) is 11.0 Å². The second kappa shape index (κ2) is 7.95. The maximum atomic E-state index is 13.0. The van der Waals surface area contributed by atoms with Crippen LogP contribution in [0.2, 0.25) is 5.02 Å². The van der Waals surface area contributed by atoms with E-state index in [9.17, 15) is 14.3 Å². The van der Waals surface area contributed by atoms with Gasteiger partial charge in [-0.2, -0.15) is 0 Å². The fourth-order valence-corrected chi connectivity index (χ4v) is 3.26. The minimum absolute atomic E-state index is 0.0914. The molecule has 1 fully saturated rings. The summed E-state index contributed by atoms with van der Waals surface area (Å²) in [6.45, 7) is 2.97. The molecule has 0 aromatic heterocycles. The van der Waals surface area contributed by atoms with E-state index in [1.165, 1.54) is 24.3 Å². The van der Waals surface area contributed by atoms with Crippen molar-refractivity contribution in [1.82, 2.24) is 9.80 Å². The van der Waals surface area contributed by atoms with E-state index in [-0.39, 0.29) is 11.7 Å². The summed E-state index contributed by atoms with van der Waals surface area (Å²) in [5.74, 6) is -0.443. The number of hydrogen-bond donors (Lipinski definition) is 1. The van der Waals surface area contributed by atoms with Gasteiger partial charge in [0.15, 0.2) is 0 Å². The number of rotatable bonds is 4. The fourth-order valence-electron chi connectivity index (χ4n) is 3.00. The Balaban J connectivity index is 1.54. The molecule has 1 aliphatic heterocycles. The van der Waals surface area contributed by atoms with Crippen molar-refractivity contribution in [2.24, 2.45) is 0 Å². The van der Waals surface area contributed by atoms with E-state index in [4.69, 9.17) is 11.6 Å². The normalized spacial score (nSPS) is 16.7. The molecule has 2 aromatic carbocycles. The van der Waals surface area contributed by atoms with Crippen molar-refractivity contribution in [2.75, 3.05) is 32.7 Å². The molecule has 6 heteroatoms. The number of hydrogen-bond acceptors (Lipinski definition) is 3. The summed E-state index contributed by atoms with van der Waals surface area (Å²) in [7, 11) is 0. The zero-order chi connectivity index (χ0) is 17.8. The van der Waals surface area contributed by atoms with Gasteiger partial charge >= 0.3 is 0 Å². The minimum Gasteiger partial charge on any atom is -0.387 e. The first kappa shape index (κ1) is 17.9. The highest BCUT2D eigenvalue weighted by molar-refractivity contribution is 6.31. The van der Waals surface area contributed by atoms with Crippen molar-refractivity contribution in [3.05, 3.63) is 70.5 Å². The lowest BCUT2D eigenvalue weighted by Gasteiger charge is -2.35. The van der Waals surface area contributed by atoms with E-state index in [0.29, 0.717) is 48.9 Å². The number of amides is 1. The molecule has 1 aliphatic rings.